The van der Waals surface area contributed by atoms with Crippen molar-refractivity contribution in [3.63, 3.8) is 0 Å². The smallest absolute Gasteiger partial charge is 0.262 e. The van der Waals surface area contributed by atoms with Gasteiger partial charge in [-0.25, -0.2) is 8.78 Å². The van der Waals surface area contributed by atoms with Gasteiger partial charge >= 0.3 is 0 Å². The minimum atomic E-state index is -0.719. The van der Waals surface area contributed by atoms with Crippen molar-refractivity contribution >= 4 is 23.2 Å². The molecule has 1 atom stereocenters. The molecule has 2 aromatic rings. The van der Waals surface area contributed by atoms with Crippen molar-refractivity contribution in [2.75, 3.05) is 11.9 Å². The molecule has 0 spiro atoms. The van der Waals surface area contributed by atoms with Crippen molar-refractivity contribution in [1.82, 2.24) is 0 Å². The van der Waals surface area contributed by atoms with Crippen LogP contribution in [0.5, 0.6) is 5.75 Å². The van der Waals surface area contributed by atoms with Crippen LogP contribution in [0.1, 0.15) is 28.4 Å². The molecule has 1 amide bonds. The van der Waals surface area contributed by atoms with Gasteiger partial charge in [-0.1, -0.05) is 17.7 Å². The van der Waals surface area contributed by atoms with Gasteiger partial charge in [0.05, 0.1) is 11.6 Å². The van der Waals surface area contributed by atoms with Crippen LogP contribution in [-0.4, -0.2) is 12.5 Å². The lowest BCUT2D eigenvalue weighted by Gasteiger charge is -2.25. The highest BCUT2D eigenvalue weighted by Gasteiger charge is 2.27. The highest BCUT2D eigenvalue weighted by molar-refractivity contribution is 6.31. The highest BCUT2D eigenvalue weighted by Crippen LogP contribution is 2.35. The maximum atomic E-state index is 14.1. The normalized spacial score (nSPS) is 16.4. The Bertz CT molecular complexity index is 783. The number of carbonyl (C=O) groups is 1. The quantitative estimate of drug-likeness (QED) is 0.878. The monoisotopic (exact) mass is 338 g/mol. The van der Waals surface area contributed by atoms with Gasteiger partial charge < -0.3 is 15.8 Å². The van der Waals surface area contributed by atoms with Crippen molar-refractivity contribution in [2.45, 2.75) is 12.5 Å². The summed E-state index contributed by atoms with van der Waals surface area (Å²) in [5.41, 5.74) is 6.57. The zero-order valence-electron chi connectivity index (χ0n) is 11.9. The molecule has 2 aromatic carbocycles. The molecule has 4 nitrogen and oxygen atoms in total. The average molecular weight is 339 g/mol. The minimum Gasteiger partial charge on any atom is -0.492 e. The Labute approximate surface area is 136 Å². The van der Waals surface area contributed by atoms with E-state index in [1.54, 1.807) is 0 Å². The van der Waals surface area contributed by atoms with E-state index in [0.717, 1.165) is 6.07 Å². The van der Waals surface area contributed by atoms with Gasteiger partial charge in [0.25, 0.3) is 5.91 Å². The van der Waals surface area contributed by atoms with E-state index < -0.39 is 17.5 Å². The van der Waals surface area contributed by atoms with E-state index in [4.69, 9.17) is 22.1 Å². The van der Waals surface area contributed by atoms with Crippen LogP contribution in [0, 0.1) is 11.6 Å². The molecule has 0 fully saturated rings. The summed E-state index contributed by atoms with van der Waals surface area (Å²) in [7, 11) is 0. The Hall–Kier alpha value is -2.18. The third-order valence-electron chi connectivity index (χ3n) is 3.62. The fraction of sp³-hybridized carbons (Fsp3) is 0.188. The summed E-state index contributed by atoms with van der Waals surface area (Å²) in [6.07, 6.45) is 0.591. The maximum Gasteiger partial charge on any atom is 0.262 e. The van der Waals surface area contributed by atoms with Crippen molar-refractivity contribution in [1.29, 1.82) is 0 Å². The molecule has 23 heavy (non-hydrogen) atoms. The number of hydrogen-bond donors (Lipinski definition) is 2. The number of benzene rings is 2. The van der Waals surface area contributed by atoms with Gasteiger partial charge in [-0.15, -0.1) is 0 Å². The molecule has 3 N–H and O–H groups in total. The molecule has 120 valence electrons. The first-order chi connectivity index (χ1) is 11.0. The van der Waals surface area contributed by atoms with E-state index in [2.05, 4.69) is 5.32 Å². The average Bonchev–Trinajstić information content (AvgIpc) is 2.51. The molecule has 0 saturated heterocycles. The predicted octanol–water partition coefficient (Wildman–Crippen LogP) is 3.65. The van der Waals surface area contributed by atoms with E-state index in [1.165, 1.54) is 24.3 Å². The van der Waals surface area contributed by atoms with Crippen LogP contribution in [0.4, 0.5) is 14.5 Å². The second kappa shape index (κ2) is 6.14. The van der Waals surface area contributed by atoms with E-state index in [-0.39, 0.29) is 28.1 Å². The molecule has 1 aliphatic heterocycles. The lowest BCUT2D eigenvalue weighted by molar-refractivity contribution is 0.101. The molecule has 7 heteroatoms. The highest BCUT2D eigenvalue weighted by atomic mass is 35.5. The first kappa shape index (κ1) is 15.7. The van der Waals surface area contributed by atoms with Gasteiger partial charge in [0.1, 0.15) is 22.9 Å². The number of ether oxygens (including phenoxy) is 1. The molecule has 0 radical (unpaired) electrons. The van der Waals surface area contributed by atoms with Crippen LogP contribution >= 0.6 is 11.6 Å². The van der Waals surface area contributed by atoms with Gasteiger partial charge in [0.2, 0.25) is 0 Å². The Balaban J connectivity index is 1.96. The molecule has 0 saturated carbocycles. The number of anilines is 1. The lowest BCUT2D eigenvalue weighted by atomic mass is 9.97. The molecule has 3 rings (SSSR count). The minimum absolute atomic E-state index is 0.142. The van der Waals surface area contributed by atoms with E-state index in [1.807, 2.05) is 0 Å². The number of halogens is 3. The van der Waals surface area contributed by atoms with Crippen molar-refractivity contribution < 1.29 is 18.3 Å². The van der Waals surface area contributed by atoms with E-state index in [0.29, 0.717) is 18.6 Å². The zero-order chi connectivity index (χ0) is 16.6. The number of amides is 1. The van der Waals surface area contributed by atoms with Crippen LogP contribution < -0.4 is 15.8 Å². The third kappa shape index (κ3) is 3.00. The van der Waals surface area contributed by atoms with Crippen LogP contribution in [0.3, 0.4) is 0 Å². The first-order valence-electron chi connectivity index (χ1n) is 6.94. The van der Waals surface area contributed by atoms with Gasteiger partial charge in [-0.3, -0.25) is 4.79 Å². The molecule has 0 aromatic heterocycles. The second-order valence-electron chi connectivity index (χ2n) is 5.17. The van der Waals surface area contributed by atoms with Gasteiger partial charge in [-0.2, -0.15) is 0 Å². The fourth-order valence-corrected chi connectivity index (χ4v) is 2.63. The van der Waals surface area contributed by atoms with Gasteiger partial charge in [-0.05, 0) is 24.3 Å². The van der Waals surface area contributed by atoms with Crippen LogP contribution in [0.15, 0.2) is 30.3 Å². The van der Waals surface area contributed by atoms with Crippen molar-refractivity contribution in [3.8, 4) is 5.75 Å². The van der Waals surface area contributed by atoms with E-state index >= 15 is 0 Å². The topological polar surface area (TPSA) is 64.3 Å². The summed E-state index contributed by atoms with van der Waals surface area (Å²) in [6, 6.07) is 6.07. The van der Waals surface area contributed by atoms with E-state index in [9.17, 15) is 13.6 Å². The predicted molar refractivity (Wildman–Crippen MR) is 82.8 cm³/mol. The summed E-state index contributed by atoms with van der Waals surface area (Å²) in [4.78, 5) is 12.4. The Kier molecular flexibility index (Phi) is 4.19. The zero-order valence-corrected chi connectivity index (χ0v) is 12.7. The Morgan fingerprint density at radius 3 is 2.74 bits per heavy atom. The Morgan fingerprint density at radius 1 is 1.26 bits per heavy atom. The summed E-state index contributed by atoms with van der Waals surface area (Å²) in [5.74, 6) is -1.89. The molecule has 0 bridgehead atoms. The number of rotatable bonds is 2. The van der Waals surface area contributed by atoms with Gasteiger partial charge in [0, 0.05) is 23.7 Å². The third-order valence-corrected chi connectivity index (χ3v) is 3.91. The largest absolute Gasteiger partial charge is 0.492 e. The number of fused-ring (bicyclic) bond motifs is 1. The number of hydrogen-bond acceptors (Lipinski definition) is 3. The summed E-state index contributed by atoms with van der Waals surface area (Å²) >= 11 is 5.67. The summed E-state index contributed by atoms with van der Waals surface area (Å²) in [6.45, 7) is 0.306. The number of nitrogens with two attached hydrogens (primary N) is 1. The summed E-state index contributed by atoms with van der Waals surface area (Å²) < 4.78 is 32.7. The maximum absolute atomic E-state index is 14.1. The number of carbonyl (C=O) groups excluding carboxylic acids is 1. The standard InChI is InChI=1S/C16H13ClF2N2O2/c17-10-7-8(1-3-11(10)18)21-16(22)14-12(19)4-2-9-13(20)5-6-23-15(9)14/h1-4,7,13H,5-6,20H2,(H,21,22). The molecule has 1 aliphatic rings. The van der Waals surface area contributed by atoms with Crippen molar-refractivity contribution in [3.05, 3.63) is 58.1 Å². The molecular weight excluding hydrogens is 326 g/mol. The molecule has 1 heterocycles. The van der Waals surface area contributed by atoms with Crippen LogP contribution in [-0.2, 0) is 0 Å². The molecule has 1 unspecified atom stereocenters. The van der Waals surface area contributed by atoms with Gasteiger partial charge in [0.15, 0.2) is 0 Å². The van der Waals surface area contributed by atoms with Crippen LogP contribution in [0.2, 0.25) is 5.02 Å². The summed E-state index contributed by atoms with van der Waals surface area (Å²) in [5, 5.41) is 2.34. The van der Waals surface area contributed by atoms with Crippen LogP contribution in [0.25, 0.3) is 0 Å². The number of nitrogens with one attached hydrogen (secondary N) is 1. The fourth-order valence-electron chi connectivity index (χ4n) is 2.44. The second-order valence-corrected chi connectivity index (χ2v) is 5.57. The Morgan fingerprint density at radius 2 is 2.00 bits per heavy atom. The molecule has 0 aliphatic carbocycles. The first-order valence-corrected chi connectivity index (χ1v) is 7.32. The molecular formula is C16H13ClF2N2O2. The van der Waals surface area contributed by atoms with Crippen molar-refractivity contribution in [2.24, 2.45) is 5.73 Å². The SMILES string of the molecule is NC1CCOc2c1ccc(F)c2C(=O)Nc1ccc(F)c(Cl)c1. The lowest BCUT2D eigenvalue weighted by Crippen LogP contribution is -2.24.